The van der Waals surface area contributed by atoms with E-state index in [-0.39, 0.29) is 6.61 Å². The molecular formula is C13H19NO2. The lowest BCUT2D eigenvalue weighted by atomic mass is 9.80. The third-order valence-electron chi connectivity index (χ3n) is 3.27. The third kappa shape index (κ3) is 2.82. The molecule has 1 aliphatic rings. The minimum atomic E-state index is -0.453. The van der Waals surface area contributed by atoms with E-state index in [1.807, 2.05) is 24.3 Å². The highest BCUT2D eigenvalue weighted by Crippen LogP contribution is 2.30. The molecule has 0 amide bonds. The van der Waals surface area contributed by atoms with Crippen LogP contribution in [0.1, 0.15) is 30.4 Å². The van der Waals surface area contributed by atoms with Gasteiger partial charge in [-0.25, -0.2) is 0 Å². The lowest BCUT2D eigenvalue weighted by molar-refractivity contribution is -0.0314. The van der Waals surface area contributed by atoms with Crippen molar-refractivity contribution in [3.05, 3.63) is 35.4 Å². The number of hydrogen-bond donors (Lipinski definition) is 3. The Bertz CT molecular complexity index is 330. The second-order valence-electron chi connectivity index (χ2n) is 4.66. The summed E-state index contributed by atoms with van der Waals surface area (Å²) in [5.41, 5.74) is 1.66. The summed E-state index contributed by atoms with van der Waals surface area (Å²) in [5.74, 6) is 0. The largest absolute Gasteiger partial charge is 0.392 e. The van der Waals surface area contributed by atoms with Gasteiger partial charge in [-0.2, -0.15) is 0 Å². The molecule has 0 unspecified atom stereocenters. The van der Waals surface area contributed by atoms with E-state index in [1.54, 1.807) is 0 Å². The summed E-state index contributed by atoms with van der Waals surface area (Å²) in [5, 5.41) is 22.0. The zero-order chi connectivity index (χ0) is 11.4. The smallest absolute Gasteiger partial charge is 0.0771 e. The molecule has 0 heterocycles. The number of hydrogen-bond acceptors (Lipinski definition) is 3. The molecule has 0 spiro atoms. The van der Waals surface area contributed by atoms with Gasteiger partial charge < -0.3 is 15.5 Å². The predicted molar refractivity (Wildman–Crippen MR) is 62.9 cm³/mol. The summed E-state index contributed by atoms with van der Waals surface area (Å²) < 4.78 is 0. The Morgan fingerprint density at radius 3 is 2.25 bits per heavy atom. The van der Waals surface area contributed by atoms with Gasteiger partial charge in [-0.3, -0.25) is 0 Å². The van der Waals surface area contributed by atoms with E-state index in [0.717, 1.165) is 31.4 Å². The minimum absolute atomic E-state index is 0.0907. The van der Waals surface area contributed by atoms with Gasteiger partial charge >= 0.3 is 0 Å². The van der Waals surface area contributed by atoms with E-state index >= 15 is 0 Å². The Labute approximate surface area is 96.1 Å². The standard InChI is InChI=1S/C13H19NO2/c15-9-12-4-2-11(3-5-12)8-14-10-13(16)6-1-7-13/h2-5,14-16H,1,6-10H2. The van der Waals surface area contributed by atoms with Crippen LogP contribution in [0.3, 0.4) is 0 Å². The Kier molecular flexibility index (Phi) is 3.59. The van der Waals surface area contributed by atoms with Crippen LogP contribution in [0.5, 0.6) is 0 Å². The van der Waals surface area contributed by atoms with Gasteiger partial charge in [0.2, 0.25) is 0 Å². The van der Waals surface area contributed by atoms with Gasteiger partial charge in [0.15, 0.2) is 0 Å². The first-order valence-corrected chi connectivity index (χ1v) is 5.84. The van der Waals surface area contributed by atoms with E-state index in [0.29, 0.717) is 6.54 Å². The lowest BCUT2D eigenvalue weighted by Gasteiger charge is -2.36. The molecule has 0 saturated heterocycles. The van der Waals surface area contributed by atoms with Crippen LogP contribution >= 0.6 is 0 Å². The zero-order valence-electron chi connectivity index (χ0n) is 9.45. The fourth-order valence-corrected chi connectivity index (χ4v) is 1.96. The Hall–Kier alpha value is -0.900. The third-order valence-corrected chi connectivity index (χ3v) is 3.27. The molecule has 1 fully saturated rings. The van der Waals surface area contributed by atoms with Crippen molar-refractivity contribution in [2.75, 3.05) is 6.54 Å². The molecular weight excluding hydrogens is 202 g/mol. The molecule has 0 aliphatic heterocycles. The molecule has 3 nitrogen and oxygen atoms in total. The van der Waals surface area contributed by atoms with Gasteiger partial charge in [0, 0.05) is 13.1 Å². The van der Waals surface area contributed by atoms with Crippen molar-refractivity contribution in [2.24, 2.45) is 0 Å². The average molecular weight is 221 g/mol. The highest BCUT2D eigenvalue weighted by molar-refractivity contribution is 5.21. The van der Waals surface area contributed by atoms with Crippen LogP contribution in [-0.2, 0) is 13.2 Å². The van der Waals surface area contributed by atoms with Crippen LogP contribution in [0.4, 0.5) is 0 Å². The van der Waals surface area contributed by atoms with Gasteiger partial charge in [0.05, 0.1) is 12.2 Å². The summed E-state index contributed by atoms with van der Waals surface area (Å²) in [4.78, 5) is 0. The lowest BCUT2D eigenvalue weighted by Crippen LogP contribution is -2.45. The highest BCUT2D eigenvalue weighted by atomic mass is 16.3. The monoisotopic (exact) mass is 221 g/mol. The highest BCUT2D eigenvalue weighted by Gasteiger charge is 2.33. The van der Waals surface area contributed by atoms with Gasteiger partial charge in [-0.05, 0) is 30.4 Å². The van der Waals surface area contributed by atoms with Crippen molar-refractivity contribution in [3.8, 4) is 0 Å². The molecule has 0 radical (unpaired) electrons. The number of nitrogens with one attached hydrogen (secondary N) is 1. The van der Waals surface area contributed by atoms with Crippen molar-refractivity contribution in [1.82, 2.24) is 5.32 Å². The molecule has 1 aromatic rings. The van der Waals surface area contributed by atoms with Crippen LogP contribution in [0.15, 0.2) is 24.3 Å². The second kappa shape index (κ2) is 4.95. The van der Waals surface area contributed by atoms with Crippen molar-refractivity contribution in [1.29, 1.82) is 0 Å². The van der Waals surface area contributed by atoms with Crippen molar-refractivity contribution in [2.45, 2.75) is 38.0 Å². The molecule has 0 bridgehead atoms. The molecule has 88 valence electrons. The van der Waals surface area contributed by atoms with E-state index in [2.05, 4.69) is 5.32 Å². The molecule has 2 rings (SSSR count). The van der Waals surface area contributed by atoms with Crippen molar-refractivity contribution < 1.29 is 10.2 Å². The van der Waals surface area contributed by atoms with Crippen LogP contribution in [0.2, 0.25) is 0 Å². The summed E-state index contributed by atoms with van der Waals surface area (Å²) in [7, 11) is 0. The van der Waals surface area contributed by atoms with Gasteiger partial charge in [-0.1, -0.05) is 24.3 Å². The molecule has 16 heavy (non-hydrogen) atoms. The van der Waals surface area contributed by atoms with E-state index in [4.69, 9.17) is 5.11 Å². The normalized spacial score (nSPS) is 18.1. The predicted octanol–water partition coefficient (Wildman–Crippen LogP) is 1.18. The maximum atomic E-state index is 9.87. The van der Waals surface area contributed by atoms with E-state index in [1.165, 1.54) is 5.56 Å². The summed E-state index contributed by atoms with van der Waals surface area (Å²) in [6.07, 6.45) is 2.98. The second-order valence-corrected chi connectivity index (χ2v) is 4.66. The van der Waals surface area contributed by atoms with Crippen molar-refractivity contribution in [3.63, 3.8) is 0 Å². The fraction of sp³-hybridized carbons (Fsp3) is 0.538. The summed E-state index contributed by atoms with van der Waals surface area (Å²) >= 11 is 0. The van der Waals surface area contributed by atoms with Crippen molar-refractivity contribution >= 4 is 0 Å². The Balaban J connectivity index is 1.76. The Morgan fingerprint density at radius 2 is 1.75 bits per heavy atom. The van der Waals surface area contributed by atoms with E-state index < -0.39 is 5.60 Å². The average Bonchev–Trinajstić information content (AvgIpc) is 2.28. The topological polar surface area (TPSA) is 52.5 Å². The van der Waals surface area contributed by atoms with Crippen LogP contribution in [0, 0.1) is 0 Å². The van der Waals surface area contributed by atoms with Crippen LogP contribution in [0.25, 0.3) is 0 Å². The molecule has 0 aromatic heterocycles. The molecule has 3 N–H and O–H groups in total. The Morgan fingerprint density at radius 1 is 1.12 bits per heavy atom. The van der Waals surface area contributed by atoms with Gasteiger partial charge in [0.1, 0.15) is 0 Å². The minimum Gasteiger partial charge on any atom is -0.392 e. The number of aliphatic hydroxyl groups is 2. The molecule has 1 aliphatic carbocycles. The first kappa shape index (κ1) is 11.6. The van der Waals surface area contributed by atoms with E-state index in [9.17, 15) is 5.11 Å². The number of rotatable bonds is 5. The maximum Gasteiger partial charge on any atom is 0.0771 e. The number of aliphatic hydroxyl groups excluding tert-OH is 1. The quantitative estimate of drug-likeness (QED) is 0.700. The molecule has 1 aromatic carbocycles. The van der Waals surface area contributed by atoms with Gasteiger partial charge in [0.25, 0.3) is 0 Å². The summed E-state index contributed by atoms with van der Waals surface area (Å²) in [6, 6.07) is 7.86. The zero-order valence-corrected chi connectivity index (χ0v) is 9.45. The van der Waals surface area contributed by atoms with Crippen LogP contribution < -0.4 is 5.32 Å². The number of benzene rings is 1. The van der Waals surface area contributed by atoms with Crippen LogP contribution in [-0.4, -0.2) is 22.4 Å². The van der Waals surface area contributed by atoms with Gasteiger partial charge in [-0.15, -0.1) is 0 Å². The fourth-order valence-electron chi connectivity index (χ4n) is 1.96. The first-order valence-electron chi connectivity index (χ1n) is 5.84. The SMILES string of the molecule is OCc1ccc(CNCC2(O)CCC2)cc1. The maximum absolute atomic E-state index is 9.87. The molecule has 0 atom stereocenters. The molecule has 3 heteroatoms. The first-order chi connectivity index (χ1) is 7.72. The summed E-state index contributed by atoms with van der Waals surface area (Å²) in [6.45, 7) is 1.54. The molecule has 1 saturated carbocycles.